The first-order valence-electron chi connectivity index (χ1n) is 20.5. The maximum atomic E-state index is 13.0. The van der Waals surface area contributed by atoms with Crippen LogP contribution in [0, 0.1) is 18.3 Å². The Morgan fingerprint density at radius 2 is 1.56 bits per heavy atom. The molecule has 1 aromatic carbocycles. The lowest BCUT2D eigenvalue weighted by atomic mass is 9.92. The monoisotopic (exact) mass is 854 g/mol. The van der Waals surface area contributed by atoms with Crippen LogP contribution in [0.3, 0.4) is 0 Å². The number of ether oxygens (including phenoxy) is 3. The number of aryl methyl sites for hydroxylation is 1. The number of benzene rings is 1. The smallest absolute Gasteiger partial charge is 0.387 e. The minimum atomic E-state index is -4.75. The van der Waals surface area contributed by atoms with Gasteiger partial charge in [0, 0.05) is 16.7 Å². The molecule has 57 heavy (non-hydrogen) atoms. The van der Waals surface area contributed by atoms with E-state index in [2.05, 4.69) is 17.0 Å². The summed E-state index contributed by atoms with van der Waals surface area (Å²) >= 11 is 12.4. The normalized spacial score (nSPS) is 21.2. The summed E-state index contributed by atoms with van der Waals surface area (Å²) in [4.78, 5) is 14.7. The van der Waals surface area contributed by atoms with Crippen molar-refractivity contribution in [2.75, 3.05) is 26.4 Å². The van der Waals surface area contributed by atoms with Gasteiger partial charge in [-0.25, -0.2) is 14.1 Å². The molecule has 13 nitrogen and oxygen atoms in total. The number of fused-ring (bicyclic) bond motifs is 1. The average Bonchev–Trinajstić information content (AvgIpc) is 3.74. The van der Waals surface area contributed by atoms with Gasteiger partial charge in [0.15, 0.2) is 0 Å². The summed E-state index contributed by atoms with van der Waals surface area (Å²) in [6, 6.07) is 10.2. The molecule has 3 N–H and O–H groups in total. The SMILES string of the molecule is CCCCCCCCCCCCCCCCCCOC[C@H](COP(=O)(O)OC[C@H]1O[C@@](C#N)(c2ccc3c(C)ncnn23)[C@H](O)[C@@H]1O)OCc1ccc(Cl)cc1Cl. The number of nitrogens with zero attached hydrogens (tertiary/aromatic N) is 4. The minimum Gasteiger partial charge on any atom is -0.387 e. The average molecular weight is 856 g/mol. The molecule has 16 heteroatoms. The lowest BCUT2D eigenvalue weighted by molar-refractivity contribution is -0.0690. The van der Waals surface area contributed by atoms with Gasteiger partial charge in [-0.1, -0.05) is 133 Å². The third-order valence-electron chi connectivity index (χ3n) is 10.4. The second kappa shape index (κ2) is 24.8. The third kappa shape index (κ3) is 14.8. The second-order valence-corrected chi connectivity index (χ2v) is 17.2. The number of unbranched alkanes of at least 4 members (excludes halogenated alkanes) is 15. The lowest BCUT2D eigenvalue weighted by Gasteiger charge is -2.24. The number of aliphatic hydroxyl groups excluding tert-OH is 2. The number of hydrogen-bond acceptors (Lipinski definition) is 11. The van der Waals surface area contributed by atoms with Gasteiger partial charge in [-0.15, -0.1) is 0 Å². The molecule has 0 spiro atoms. The van der Waals surface area contributed by atoms with Crippen molar-refractivity contribution in [2.24, 2.45) is 0 Å². The van der Waals surface area contributed by atoms with Gasteiger partial charge in [0.2, 0.25) is 5.60 Å². The molecule has 6 atom stereocenters. The van der Waals surface area contributed by atoms with Gasteiger partial charge in [0.1, 0.15) is 36.8 Å². The zero-order valence-corrected chi connectivity index (χ0v) is 35.8. The molecule has 2 aromatic heterocycles. The van der Waals surface area contributed by atoms with Crippen LogP contribution in [0.4, 0.5) is 0 Å². The van der Waals surface area contributed by atoms with Crippen molar-refractivity contribution in [1.29, 1.82) is 5.26 Å². The fourth-order valence-electron chi connectivity index (χ4n) is 6.99. The molecule has 1 saturated heterocycles. The number of nitriles is 1. The minimum absolute atomic E-state index is 0.0676. The Morgan fingerprint density at radius 1 is 0.930 bits per heavy atom. The van der Waals surface area contributed by atoms with Gasteiger partial charge in [-0.3, -0.25) is 9.05 Å². The van der Waals surface area contributed by atoms with Crippen molar-refractivity contribution in [3.63, 3.8) is 0 Å². The van der Waals surface area contributed by atoms with E-state index in [1.807, 2.05) is 6.07 Å². The van der Waals surface area contributed by atoms with Gasteiger partial charge in [0.25, 0.3) is 0 Å². The first-order valence-corrected chi connectivity index (χ1v) is 22.8. The molecular weight excluding hydrogens is 794 g/mol. The molecule has 1 aliphatic rings. The topological polar surface area (TPSA) is 178 Å². The van der Waals surface area contributed by atoms with E-state index < -0.39 is 44.4 Å². The number of rotatable bonds is 29. The van der Waals surface area contributed by atoms with E-state index in [4.69, 9.17) is 46.5 Å². The molecule has 0 amide bonds. The lowest BCUT2D eigenvalue weighted by Crippen LogP contribution is -2.41. The Hall–Kier alpha value is -2.18. The Kier molecular flexibility index (Phi) is 20.7. The summed E-state index contributed by atoms with van der Waals surface area (Å²) in [6.45, 7) is 3.62. The van der Waals surface area contributed by atoms with Crippen LogP contribution < -0.4 is 0 Å². The number of aliphatic hydroxyl groups is 2. The Balaban J connectivity index is 1.18. The standard InChI is InChI=1S/C41H61Cl2N4O9P/c1-3-4-5-6-7-8-9-10-11-12-13-14-15-16-17-18-23-52-26-34(53-25-32-19-20-33(42)24-35(32)43)27-54-57(50,51)55-28-37-39(48)40(49)41(29-44,56-37)38-22-21-36-31(2)45-30-46-47(36)38/h19-22,24,30,34,37,39-40,48-49H,3-18,23,25-28H2,1-2H3,(H,50,51)/t34-,37-,39-,40-,41+/m1/s1. The maximum absolute atomic E-state index is 13.0. The van der Waals surface area contributed by atoms with Crippen LogP contribution in [0.25, 0.3) is 5.52 Å². The molecule has 0 aliphatic carbocycles. The number of hydrogen-bond donors (Lipinski definition) is 3. The van der Waals surface area contributed by atoms with E-state index in [0.717, 1.165) is 19.3 Å². The summed E-state index contributed by atoms with van der Waals surface area (Å²) < 4.78 is 42.7. The Labute approximate surface area is 347 Å². The number of aromatic nitrogens is 3. The molecule has 318 valence electrons. The molecule has 0 bridgehead atoms. The highest BCUT2D eigenvalue weighted by Gasteiger charge is 2.58. The van der Waals surface area contributed by atoms with Gasteiger partial charge in [-0.2, -0.15) is 10.4 Å². The van der Waals surface area contributed by atoms with Crippen LogP contribution in [0.1, 0.15) is 127 Å². The van der Waals surface area contributed by atoms with Crippen LogP contribution in [0.15, 0.2) is 36.7 Å². The van der Waals surface area contributed by atoms with Crippen molar-refractivity contribution < 1.29 is 42.9 Å². The van der Waals surface area contributed by atoms with Crippen molar-refractivity contribution in [3.8, 4) is 6.07 Å². The van der Waals surface area contributed by atoms with Crippen LogP contribution in [0.2, 0.25) is 10.0 Å². The van der Waals surface area contributed by atoms with E-state index in [0.29, 0.717) is 33.4 Å². The molecule has 0 saturated carbocycles. The molecule has 1 aliphatic heterocycles. The van der Waals surface area contributed by atoms with Crippen molar-refractivity contribution in [3.05, 3.63) is 63.7 Å². The van der Waals surface area contributed by atoms with Crippen LogP contribution in [0.5, 0.6) is 0 Å². The van der Waals surface area contributed by atoms with E-state index in [9.17, 15) is 24.9 Å². The molecule has 3 aromatic rings. The van der Waals surface area contributed by atoms with Gasteiger partial charge in [0.05, 0.1) is 43.3 Å². The highest BCUT2D eigenvalue weighted by atomic mass is 35.5. The Morgan fingerprint density at radius 3 is 2.18 bits per heavy atom. The van der Waals surface area contributed by atoms with E-state index in [-0.39, 0.29) is 25.5 Å². The fraction of sp³-hybridized carbons (Fsp3) is 0.683. The molecule has 0 radical (unpaired) electrons. The first-order chi connectivity index (χ1) is 27.5. The number of halogens is 2. The third-order valence-corrected chi connectivity index (χ3v) is 11.9. The summed E-state index contributed by atoms with van der Waals surface area (Å²) in [5, 5.41) is 37.1. The van der Waals surface area contributed by atoms with E-state index in [1.165, 1.54) is 94.3 Å². The fourth-order valence-corrected chi connectivity index (χ4v) is 8.22. The molecule has 1 unspecified atom stereocenters. The van der Waals surface area contributed by atoms with Crippen LogP contribution in [-0.4, -0.2) is 80.5 Å². The first kappa shape index (κ1) is 47.5. The van der Waals surface area contributed by atoms with Crippen LogP contribution >= 0.6 is 31.0 Å². The quantitative estimate of drug-likeness (QED) is 0.0446. The summed E-state index contributed by atoms with van der Waals surface area (Å²) in [5.41, 5.74) is -0.0312. The van der Waals surface area contributed by atoms with E-state index in [1.54, 1.807) is 37.3 Å². The van der Waals surface area contributed by atoms with Gasteiger partial charge >= 0.3 is 7.82 Å². The largest absolute Gasteiger partial charge is 0.472 e. The number of phosphoric acid groups is 1. The summed E-state index contributed by atoms with van der Waals surface area (Å²) in [5.74, 6) is 0. The van der Waals surface area contributed by atoms with Crippen molar-refractivity contribution in [1.82, 2.24) is 14.6 Å². The van der Waals surface area contributed by atoms with Crippen molar-refractivity contribution in [2.45, 2.75) is 153 Å². The molecule has 3 heterocycles. The summed E-state index contributed by atoms with van der Waals surface area (Å²) in [6.07, 6.45) is 16.2. The van der Waals surface area contributed by atoms with Crippen LogP contribution in [-0.2, 0) is 40.0 Å². The van der Waals surface area contributed by atoms with Gasteiger partial charge in [-0.05, 0) is 43.2 Å². The zero-order chi connectivity index (χ0) is 41.1. The second-order valence-electron chi connectivity index (χ2n) is 14.9. The molecule has 1 fully saturated rings. The highest BCUT2D eigenvalue weighted by Crippen LogP contribution is 2.46. The van der Waals surface area contributed by atoms with Crippen molar-refractivity contribution >= 4 is 36.5 Å². The summed E-state index contributed by atoms with van der Waals surface area (Å²) in [7, 11) is -4.75. The highest BCUT2D eigenvalue weighted by molar-refractivity contribution is 7.47. The molecular formula is C41H61Cl2N4O9P. The van der Waals surface area contributed by atoms with Gasteiger partial charge < -0.3 is 29.3 Å². The van der Waals surface area contributed by atoms with E-state index >= 15 is 0 Å². The maximum Gasteiger partial charge on any atom is 0.472 e. The predicted molar refractivity (Wildman–Crippen MR) is 219 cm³/mol. The zero-order valence-electron chi connectivity index (χ0n) is 33.4. The number of phosphoric ester groups is 1. The molecule has 4 rings (SSSR count). The Bertz CT molecular complexity index is 1730. The predicted octanol–water partition coefficient (Wildman–Crippen LogP) is 9.18.